The van der Waals surface area contributed by atoms with Crippen LogP contribution in [0.25, 0.3) is 10.4 Å². The molecule has 2 aromatic heterocycles. The van der Waals surface area contributed by atoms with Crippen molar-refractivity contribution < 1.29 is 14.0 Å². The Hall–Kier alpha value is -3.59. The van der Waals surface area contributed by atoms with Gasteiger partial charge < -0.3 is 10.2 Å². The lowest BCUT2D eigenvalue weighted by atomic mass is 9.83. The van der Waals surface area contributed by atoms with Crippen molar-refractivity contribution in [3.05, 3.63) is 76.7 Å². The molecular weight excluding hydrogens is 441 g/mol. The monoisotopic (exact) mass is 463 g/mol. The second-order valence-electron chi connectivity index (χ2n) is 8.51. The summed E-state index contributed by atoms with van der Waals surface area (Å²) in [6.45, 7) is 2.35. The van der Waals surface area contributed by atoms with Crippen LogP contribution in [0.1, 0.15) is 20.8 Å². The van der Waals surface area contributed by atoms with Crippen LogP contribution in [0.4, 0.5) is 4.39 Å². The molecule has 2 amide bonds. The summed E-state index contributed by atoms with van der Waals surface area (Å²) in [5.74, 6) is -1.63. The van der Waals surface area contributed by atoms with Crippen molar-refractivity contribution in [2.45, 2.75) is 12.5 Å². The minimum atomic E-state index is -0.927. The van der Waals surface area contributed by atoms with E-state index >= 15 is 0 Å². The summed E-state index contributed by atoms with van der Waals surface area (Å²) in [5, 5.41) is 11.6. The van der Waals surface area contributed by atoms with Gasteiger partial charge in [0, 0.05) is 53.4 Å². The molecule has 0 bridgehead atoms. The molecule has 2 N–H and O–H groups in total. The Morgan fingerprint density at radius 3 is 2.85 bits per heavy atom. The molecule has 168 valence electrons. The maximum atomic E-state index is 13.7. The molecule has 4 heterocycles. The van der Waals surface area contributed by atoms with Gasteiger partial charge in [-0.25, -0.2) is 4.39 Å². The normalized spacial score (nSPS) is 22.3. The molecule has 1 aromatic carbocycles. The van der Waals surface area contributed by atoms with E-state index in [-0.39, 0.29) is 36.4 Å². The third kappa shape index (κ3) is 3.48. The molecule has 7 nitrogen and oxygen atoms in total. The maximum absolute atomic E-state index is 13.7. The van der Waals surface area contributed by atoms with Gasteiger partial charge in [-0.3, -0.25) is 24.9 Å². The Balaban J connectivity index is 1.55. The van der Waals surface area contributed by atoms with Gasteiger partial charge in [0.15, 0.2) is 5.96 Å². The van der Waals surface area contributed by atoms with Gasteiger partial charge in [0.2, 0.25) is 5.91 Å². The summed E-state index contributed by atoms with van der Waals surface area (Å²) < 4.78 is 13.7. The van der Waals surface area contributed by atoms with Gasteiger partial charge in [0.1, 0.15) is 11.4 Å². The molecule has 0 unspecified atom stereocenters. The Bertz CT molecular complexity index is 1290. The third-order valence-corrected chi connectivity index (χ3v) is 7.62. The molecule has 2 aliphatic heterocycles. The molecular formula is C24H22FN5O2S. The van der Waals surface area contributed by atoms with E-state index in [1.54, 1.807) is 30.4 Å². The van der Waals surface area contributed by atoms with Crippen molar-refractivity contribution in [1.82, 2.24) is 20.1 Å². The van der Waals surface area contributed by atoms with Crippen LogP contribution in [0.5, 0.6) is 0 Å². The van der Waals surface area contributed by atoms with Gasteiger partial charge in [0.05, 0.1) is 5.92 Å². The number of fused-ring (bicyclic) bond motifs is 1. The van der Waals surface area contributed by atoms with Crippen LogP contribution in [-0.4, -0.2) is 52.7 Å². The second kappa shape index (κ2) is 7.77. The first-order chi connectivity index (χ1) is 15.8. The average molecular weight is 464 g/mol. The van der Waals surface area contributed by atoms with Gasteiger partial charge in [0.25, 0.3) is 5.91 Å². The number of pyridine rings is 1. The lowest BCUT2D eigenvalue weighted by Gasteiger charge is -2.42. The highest BCUT2D eigenvalue weighted by atomic mass is 32.1. The van der Waals surface area contributed by atoms with Crippen LogP contribution in [0.2, 0.25) is 0 Å². The molecule has 0 saturated carbocycles. The number of nitrogens with one attached hydrogen (secondary N) is 2. The zero-order valence-electron chi connectivity index (χ0n) is 18.1. The predicted octanol–water partition coefficient (Wildman–Crippen LogP) is 3.22. The maximum Gasteiger partial charge on any atom is 0.254 e. The van der Waals surface area contributed by atoms with Crippen LogP contribution in [0.15, 0.2) is 54.9 Å². The quantitative estimate of drug-likeness (QED) is 0.624. The van der Waals surface area contributed by atoms with Gasteiger partial charge >= 0.3 is 0 Å². The molecule has 5 rings (SSSR count). The lowest BCUT2D eigenvalue weighted by molar-refractivity contribution is -0.134. The number of halogens is 1. The Kier molecular flexibility index (Phi) is 5.01. The molecule has 9 heteroatoms. The van der Waals surface area contributed by atoms with Crippen LogP contribution in [-0.2, 0) is 10.3 Å². The lowest BCUT2D eigenvalue weighted by Crippen LogP contribution is -2.64. The highest BCUT2D eigenvalue weighted by Crippen LogP contribution is 2.45. The largest absolute Gasteiger partial charge is 0.343 e. The zero-order chi connectivity index (χ0) is 23.3. The van der Waals surface area contributed by atoms with Crippen LogP contribution >= 0.6 is 11.3 Å². The summed E-state index contributed by atoms with van der Waals surface area (Å²) in [6.07, 6.45) is 3.58. The first kappa shape index (κ1) is 21.3. The number of carbonyl (C=O) groups is 2. The fraction of sp³-hybridized carbons (Fsp3) is 0.250. The number of nitrogens with zero attached hydrogens (tertiary/aromatic N) is 3. The van der Waals surface area contributed by atoms with E-state index in [0.29, 0.717) is 0 Å². The topological polar surface area (TPSA) is 89.4 Å². The number of hydrogen-bond donors (Lipinski definition) is 2. The summed E-state index contributed by atoms with van der Waals surface area (Å²) in [5.41, 5.74) is 1.32. The standard InChI is InChI=1S/C24H22FN5O2S/c1-14-8-16(11-27-10-14)19-6-7-20(33-19)24-13-30(21(31)15-4-3-5-17(25)9-15)12-18(24)22(32)29(2)23(26)28-24/h3-11,18H,12-13H2,1-2H3,(H2,26,28)/t18-,24-/m0/s1. The zero-order valence-corrected chi connectivity index (χ0v) is 18.9. The molecule has 3 aromatic rings. The molecule has 0 aliphatic carbocycles. The van der Waals surface area contributed by atoms with Gasteiger partial charge in [-0.1, -0.05) is 6.07 Å². The Morgan fingerprint density at radius 1 is 1.27 bits per heavy atom. The number of thiophene rings is 1. The number of rotatable bonds is 3. The minimum absolute atomic E-state index is 0.0107. The van der Waals surface area contributed by atoms with E-state index in [9.17, 15) is 14.0 Å². The highest BCUT2D eigenvalue weighted by Gasteiger charge is 2.57. The van der Waals surface area contributed by atoms with Gasteiger partial charge in [-0.15, -0.1) is 11.3 Å². The van der Waals surface area contributed by atoms with Crippen molar-refractivity contribution in [2.24, 2.45) is 5.92 Å². The van der Waals surface area contributed by atoms with Crippen molar-refractivity contribution in [1.29, 1.82) is 5.41 Å². The van der Waals surface area contributed by atoms with E-state index in [2.05, 4.69) is 10.3 Å². The number of guanidine groups is 1. The van der Waals surface area contributed by atoms with Gasteiger partial charge in [-0.2, -0.15) is 0 Å². The molecule has 0 spiro atoms. The summed E-state index contributed by atoms with van der Waals surface area (Å²) in [4.78, 5) is 35.4. The molecule has 2 fully saturated rings. The summed E-state index contributed by atoms with van der Waals surface area (Å²) in [6, 6.07) is 11.5. The number of benzene rings is 1. The van der Waals surface area contributed by atoms with E-state index < -0.39 is 17.3 Å². The van der Waals surface area contributed by atoms with Crippen molar-refractivity contribution in [3.8, 4) is 10.4 Å². The number of aryl methyl sites for hydroxylation is 1. The summed E-state index contributed by atoms with van der Waals surface area (Å²) >= 11 is 1.52. The number of hydrogen-bond acceptors (Lipinski definition) is 5. The minimum Gasteiger partial charge on any atom is -0.343 e. The van der Waals surface area contributed by atoms with Crippen molar-refractivity contribution in [2.75, 3.05) is 20.1 Å². The first-order valence-corrected chi connectivity index (χ1v) is 11.3. The van der Waals surface area contributed by atoms with Crippen molar-refractivity contribution in [3.63, 3.8) is 0 Å². The van der Waals surface area contributed by atoms with Crippen LogP contribution in [0.3, 0.4) is 0 Å². The fourth-order valence-electron chi connectivity index (χ4n) is 4.60. The van der Waals surface area contributed by atoms with Crippen molar-refractivity contribution >= 4 is 29.1 Å². The Labute approximate surface area is 194 Å². The molecule has 2 aliphatic rings. The number of amides is 2. The van der Waals surface area contributed by atoms with E-state index in [4.69, 9.17) is 5.41 Å². The molecule has 2 atom stereocenters. The van der Waals surface area contributed by atoms with E-state index in [1.807, 2.05) is 25.1 Å². The third-order valence-electron chi connectivity index (χ3n) is 6.31. The molecule has 33 heavy (non-hydrogen) atoms. The second-order valence-corrected chi connectivity index (χ2v) is 9.59. The van der Waals surface area contributed by atoms with Gasteiger partial charge in [-0.05, 0) is 48.9 Å². The van der Waals surface area contributed by atoms with E-state index in [0.717, 1.165) is 20.9 Å². The average Bonchev–Trinajstić information content (AvgIpc) is 3.44. The summed E-state index contributed by atoms with van der Waals surface area (Å²) in [7, 11) is 1.55. The highest BCUT2D eigenvalue weighted by molar-refractivity contribution is 7.15. The first-order valence-electron chi connectivity index (χ1n) is 10.5. The van der Waals surface area contributed by atoms with E-state index in [1.165, 1.54) is 34.4 Å². The SMILES string of the molecule is Cc1cncc(-c2ccc([C@]34CN(C(=O)c5cccc(F)c5)C[C@H]3C(=O)N(C)C(=N)N4)s2)c1. The smallest absolute Gasteiger partial charge is 0.254 e. The Morgan fingerprint density at radius 2 is 2.09 bits per heavy atom. The molecule has 2 saturated heterocycles. The number of likely N-dealkylation sites (tertiary alicyclic amines) is 1. The number of aromatic nitrogens is 1. The number of carbonyl (C=O) groups excluding carboxylic acids is 2. The predicted molar refractivity (Wildman–Crippen MR) is 123 cm³/mol. The van der Waals surface area contributed by atoms with Crippen LogP contribution in [0, 0.1) is 24.1 Å². The van der Waals surface area contributed by atoms with Crippen LogP contribution < -0.4 is 5.32 Å². The molecule has 0 radical (unpaired) electrons. The fourth-order valence-corrected chi connectivity index (χ4v) is 5.78.